The quantitative estimate of drug-likeness (QED) is 0.309. The van der Waals surface area contributed by atoms with Gasteiger partial charge in [-0.2, -0.15) is 0 Å². The molecule has 2 aromatic rings. The van der Waals surface area contributed by atoms with Gasteiger partial charge in [0.15, 0.2) is 0 Å². The highest BCUT2D eigenvalue weighted by Gasteiger charge is 2.62. The van der Waals surface area contributed by atoms with Gasteiger partial charge in [-0.15, -0.1) is 10.2 Å². The van der Waals surface area contributed by atoms with Crippen molar-refractivity contribution >= 4 is 44.6 Å². The van der Waals surface area contributed by atoms with E-state index in [1.807, 2.05) is 50.3 Å². The van der Waals surface area contributed by atoms with Gasteiger partial charge in [0.05, 0.1) is 29.2 Å². The number of alkyl carbamates (subject to hydrolysis) is 1. The maximum atomic E-state index is 14.9. The molecule has 15 nitrogen and oxygen atoms in total. The van der Waals surface area contributed by atoms with Gasteiger partial charge in [-0.1, -0.05) is 44.6 Å². The first-order valence-electron chi connectivity index (χ1n) is 19.4. The molecule has 3 N–H and O–H groups in total. The minimum atomic E-state index is -3.91. The monoisotopic (exact) mass is 782 g/mol. The van der Waals surface area contributed by atoms with Crippen molar-refractivity contribution in [3.05, 3.63) is 36.4 Å². The zero-order valence-electron chi connectivity index (χ0n) is 32.5. The number of hydrogen-bond donors (Lipinski definition) is 3. The lowest BCUT2D eigenvalue weighted by atomic mass is 9.85. The molecule has 7 atom stereocenters. The SMILES string of the molecule is CCOc1nnc(O[C@@H]2C[C@H]3C(=O)N[C@]4(C(=O)NS(=O)(=O)C5CC5)C[C@H]4/C=C\CC[C@@H](C)C[C@@H](CC)[C@H](NC(=O)OC(C)(C)C)C(=O)N3C2)c2ccccc12. The molecule has 3 fully saturated rings. The molecular weight excluding hydrogens is 729 g/mol. The number of fused-ring (bicyclic) bond motifs is 3. The highest BCUT2D eigenvalue weighted by Crippen LogP contribution is 2.46. The van der Waals surface area contributed by atoms with E-state index < -0.39 is 74.3 Å². The molecule has 2 saturated carbocycles. The van der Waals surface area contributed by atoms with E-state index in [1.54, 1.807) is 20.8 Å². The molecule has 16 heteroatoms. The van der Waals surface area contributed by atoms with Crippen LogP contribution in [-0.4, -0.2) is 95.1 Å². The van der Waals surface area contributed by atoms with Crippen LogP contribution in [0.1, 0.15) is 92.9 Å². The standard InChI is InChI=1S/C39H54N6O9S/c1-7-24-19-23(3)13-9-10-14-25-21-39(25,36(48)44-55(50,51)27-17-18-27)41-32(46)30-20-26(22-45(30)35(47)31(24)40-37(49)54-38(4,5)6)53-34-29-16-12-11-15-28(29)33(42-43-34)52-8-2/h10-12,14-16,23-27,30-31H,7-9,13,17-22H2,1-6H3,(H,40,49)(H,41,46)(H,44,48)/b14-10-/t23-,24-,25-,26-,30+,31+,39-/m1/s1. The van der Waals surface area contributed by atoms with Crippen molar-refractivity contribution in [1.29, 1.82) is 0 Å². The van der Waals surface area contributed by atoms with Crippen molar-refractivity contribution in [2.24, 2.45) is 17.8 Å². The highest BCUT2D eigenvalue weighted by molar-refractivity contribution is 7.91. The number of nitrogens with zero attached hydrogens (tertiary/aromatic N) is 3. The Labute approximate surface area is 322 Å². The molecule has 4 aliphatic rings. The maximum absolute atomic E-state index is 14.9. The van der Waals surface area contributed by atoms with Gasteiger partial charge in [0, 0.05) is 12.3 Å². The third kappa shape index (κ3) is 9.16. The summed E-state index contributed by atoms with van der Waals surface area (Å²) in [4.78, 5) is 57.9. The molecule has 0 radical (unpaired) electrons. The summed E-state index contributed by atoms with van der Waals surface area (Å²) in [6, 6.07) is 5.15. The predicted octanol–water partition coefficient (Wildman–Crippen LogP) is 4.16. The molecule has 2 aliphatic heterocycles. The lowest BCUT2D eigenvalue weighted by Crippen LogP contribution is -2.59. The van der Waals surface area contributed by atoms with Crippen LogP contribution in [0.4, 0.5) is 4.79 Å². The number of carbonyl (C=O) groups excluding carboxylic acids is 4. The second-order valence-corrected chi connectivity index (χ2v) is 18.3. The zero-order chi connectivity index (χ0) is 39.7. The number of ether oxygens (including phenoxy) is 3. The summed E-state index contributed by atoms with van der Waals surface area (Å²) in [6.07, 6.45) is 6.12. The molecule has 55 heavy (non-hydrogen) atoms. The molecule has 1 aromatic heterocycles. The maximum Gasteiger partial charge on any atom is 0.408 e. The number of allylic oxidation sites excluding steroid dienone is 1. The van der Waals surface area contributed by atoms with Crippen LogP contribution in [0.15, 0.2) is 36.4 Å². The van der Waals surface area contributed by atoms with Gasteiger partial charge in [0.1, 0.15) is 29.3 Å². The summed E-state index contributed by atoms with van der Waals surface area (Å²) >= 11 is 0. The molecule has 1 saturated heterocycles. The van der Waals surface area contributed by atoms with Crippen LogP contribution in [0.5, 0.6) is 11.8 Å². The number of hydrogen-bond acceptors (Lipinski definition) is 11. The summed E-state index contributed by atoms with van der Waals surface area (Å²) in [5.41, 5.74) is -2.35. The normalized spacial score (nSPS) is 29.5. The molecule has 0 bridgehead atoms. The molecule has 6 rings (SSSR count). The second-order valence-electron chi connectivity index (χ2n) is 16.4. The van der Waals surface area contributed by atoms with E-state index in [0.717, 1.165) is 6.42 Å². The lowest BCUT2D eigenvalue weighted by molar-refractivity contribution is -0.142. The number of rotatable bonds is 9. The number of benzene rings is 1. The van der Waals surface area contributed by atoms with Gasteiger partial charge in [0.2, 0.25) is 33.6 Å². The van der Waals surface area contributed by atoms with Crippen LogP contribution in [0.25, 0.3) is 10.8 Å². The van der Waals surface area contributed by atoms with Crippen LogP contribution in [0, 0.1) is 17.8 Å². The summed E-state index contributed by atoms with van der Waals surface area (Å²) < 4.78 is 45.7. The van der Waals surface area contributed by atoms with E-state index in [1.165, 1.54) is 4.90 Å². The van der Waals surface area contributed by atoms with E-state index >= 15 is 0 Å². The Bertz CT molecular complexity index is 1930. The van der Waals surface area contributed by atoms with E-state index in [9.17, 15) is 27.6 Å². The first-order chi connectivity index (χ1) is 26.0. The van der Waals surface area contributed by atoms with Crippen molar-refractivity contribution in [3.63, 3.8) is 0 Å². The fourth-order valence-corrected chi connectivity index (χ4v) is 9.06. The van der Waals surface area contributed by atoms with Crippen molar-refractivity contribution < 1.29 is 41.8 Å². The molecule has 2 aliphatic carbocycles. The van der Waals surface area contributed by atoms with Gasteiger partial charge >= 0.3 is 6.09 Å². The third-order valence-corrected chi connectivity index (χ3v) is 12.6. The van der Waals surface area contributed by atoms with Crippen molar-refractivity contribution in [2.45, 2.75) is 127 Å². The Kier molecular flexibility index (Phi) is 11.7. The Morgan fingerprint density at radius 1 is 1.04 bits per heavy atom. The topological polar surface area (TPSA) is 195 Å². The number of sulfonamides is 1. The molecule has 4 amide bonds. The van der Waals surface area contributed by atoms with Crippen LogP contribution in [-0.2, 0) is 29.1 Å². The van der Waals surface area contributed by atoms with Crippen molar-refractivity contribution in [1.82, 2.24) is 30.5 Å². The lowest BCUT2D eigenvalue weighted by Gasteiger charge is -2.34. The number of nitrogens with one attached hydrogen (secondary N) is 3. The number of carbonyl (C=O) groups is 4. The van der Waals surface area contributed by atoms with Crippen LogP contribution < -0.4 is 24.8 Å². The Hall–Kier alpha value is -4.47. The average Bonchev–Trinajstić information content (AvgIpc) is 4.05. The smallest absolute Gasteiger partial charge is 0.408 e. The van der Waals surface area contributed by atoms with E-state index in [4.69, 9.17) is 14.2 Å². The minimum Gasteiger partial charge on any atom is -0.476 e. The largest absolute Gasteiger partial charge is 0.476 e. The average molecular weight is 783 g/mol. The molecule has 1 aromatic carbocycles. The molecule has 3 heterocycles. The molecule has 300 valence electrons. The summed E-state index contributed by atoms with van der Waals surface area (Å²) in [5.74, 6) is -1.98. The van der Waals surface area contributed by atoms with Crippen molar-refractivity contribution in [2.75, 3.05) is 13.2 Å². The Balaban J connectivity index is 1.36. The zero-order valence-corrected chi connectivity index (χ0v) is 33.3. The molecule has 0 spiro atoms. The van der Waals surface area contributed by atoms with E-state index in [2.05, 4.69) is 32.5 Å². The van der Waals surface area contributed by atoms with Crippen LogP contribution in [0.2, 0.25) is 0 Å². The summed E-state index contributed by atoms with van der Waals surface area (Å²) in [7, 11) is -3.91. The second kappa shape index (κ2) is 15.9. The van der Waals surface area contributed by atoms with Gasteiger partial charge in [0.25, 0.3) is 5.91 Å². The van der Waals surface area contributed by atoms with Gasteiger partial charge in [-0.3, -0.25) is 19.1 Å². The highest BCUT2D eigenvalue weighted by atomic mass is 32.2. The fourth-order valence-electron chi connectivity index (χ4n) is 7.69. The number of amides is 4. The van der Waals surface area contributed by atoms with Gasteiger partial charge in [-0.05, 0) is 90.2 Å². The molecular formula is C39H54N6O9S. The van der Waals surface area contributed by atoms with Crippen LogP contribution in [0.3, 0.4) is 0 Å². The first kappa shape index (κ1) is 40.2. The molecule has 0 unspecified atom stereocenters. The Morgan fingerprint density at radius 2 is 1.73 bits per heavy atom. The predicted molar refractivity (Wildman–Crippen MR) is 203 cm³/mol. The number of aromatic nitrogens is 2. The van der Waals surface area contributed by atoms with Crippen molar-refractivity contribution in [3.8, 4) is 11.8 Å². The third-order valence-electron chi connectivity index (χ3n) is 10.8. The minimum absolute atomic E-state index is 0.0196. The van der Waals surface area contributed by atoms with Crippen LogP contribution >= 0.6 is 0 Å². The fraction of sp³-hybridized carbons (Fsp3) is 0.641. The van der Waals surface area contributed by atoms with E-state index in [0.29, 0.717) is 55.4 Å². The summed E-state index contributed by atoms with van der Waals surface area (Å²) in [5, 5.41) is 15.0. The van der Waals surface area contributed by atoms with Gasteiger partial charge in [-0.25, -0.2) is 13.2 Å². The summed E-state index contributed by atoms with van der Waals surface area (Å²) in [6.45, 7) is 11.5. The van der Waals surface area contributed by atoms with E-state index in [-0.39, 0.29) is 37.1 Å². The van der Waals surface area contributed by atoms with Gasteiger partial charge < -0.3 is 29.7 Å². The first-order valence-corrected chi connectivity index (χ1v) is 21.0. The Morgan fingerprint density at radius 3 is 2.38 bits per heavy atom.